The van der Waals surface area contributed by atoms with Crippen molar-refractivity contribution in [2.45, 2.75) is 70.2 Å². The fourth-order valence-electron chi connectivity index (χ4n) is 3.68. The quantitative estimate of drug-likeness (QED) is 0.506. The zero-order chi connectivity index (χ0) is 12.5. The third-order valence-electron chi connectivity index (χ3n) is 4.33. The second kappa shape index (κ2) is 4.89. The van der Waals surface area contributed by atoms with E-state index in [-0.39, 0.29) is 0 Å². The maximum Gasteiger partial charge on any atom is 0.184 e. The Hall–Kier alpha value is -0.0831. The first-order valence-electron chi connectivity index (χ1n) is 7.28. The standard InChI is InChI=1S/C15H28OSi/c1-5-6-9-13-10-7-8-11-15(12-14(13)15)16-17(2,3)4/h5,13-14H,1,6-12H2,2-4H3/t13-,14+,15-/m1/s1. The summed E-state index contributed by atoms with van der Waals surface area (Å²) in [5.74, 6) is 1.78. The van der Waals surface area contributed by atoms with Crippen molar-refractivity contribution in [3.63, 3.8) is 0 Å². The molecule has 0 aromatic rings. The van der Waals surface area contributed by atoms with Gasteiger partial charge in [0.25, 0.3) is 0 Å². The second-order valence-corrected chi connectivity index (χ2v) is 11.4. The highest BCUT2D eigenvalue weighted by molar-refractivity contribution is 6.69. The highest BCUT2D eigenvalue weighted by Gasteiger charge is 2.59. The lowest BCUT2D eigenvalue weighted by Crippen LogP contribution is -2.35. The highest BCUT2D eigenvalue weighted by atomic mass is 28.4. The molecule has 2 saturated carbocycles. The van der Waals surface area contributed by atoms with Crippen LogP contribution in [0.5, 0.6) is 0 Å². The molecule has 0 aromatic heterocycles. The van der Waals surface area contributed by atoms with Gasteiger partial charge in [0.05, 0.1) is 5.60 Å². The molecular formula is C15H28OSi. The fraction of sp³-hybridized carbons (Fsp3) is 0.867. The summed E-state index contributed by atoms with van der Waals surface area (Å²) >= 11 is 0. The molecule has 0 bridgehead atoms. The summed E-state index contributed by atoms with van der Waals surface area (Å²) in [7, 11) is -1.38. The van der Waals surface area contributed by atoms with E-state index < -0.39 is 8.32 Å². The van der Waals surface area contributed by atoms with Gasteiger partial charge < -0.3 is 4.43 Å². The van der Waals surface area contributed by atoms with Crippen LogP contribution in [0, 0.1) is 11.8 Å². The van der Waals surface area contributed by atoms with E-state index in [1.165, 1.54) is 44.9 Å². The van der Waals surface area contributed by atoms with Gasteiger partial charge in [-0.2, -0.15) is 0 Å². The summed E-state index contributed by atoms with van der Waals surface area (Å²) in [6.45, 7) is 10.9. The van der Waals surface area contributed by atoms with Gasteiger partial charge in [-0.1, -0.05) is 25.3 Å². The zero-order valence-electron chi connectivity index (χ0n) is 11.8. The lowest BCUT2D eigenvalue weighted by atomic mass is 9.93. The van der Waals surface area contributed by atoms with E-state index in [4.69, 9.17) is 4.43 Å². The monoisotopic (exact) mass is 252 g/mol. The van der Waals surface area contributed by atoms with E-state index in [9.17, 15) is 0 Å². The lowest BCUT2D eigenvalue weighted by molar-refractivity contribution is 0.132. The van der Waals surface area contributed by atoms with E-state index in [0.717, 1.165) is 11.8 Å². The normalized spacial score (nSPS) is 37.1. The molecule has 0 spiro atoms. The van der Waals surface area contributed by atoms with Crippen LogP contribution in [0.2, 0.25) is 19.6 Å². The summed E-state index contributed by atoms with van der Waals surface area (Å²) < 4.78 is 6.54. The Bertz CT molecular complexity index is 281. The maximum absolute atomic E-state index is 6.54. The van der Waals surface area contributed by atoms with Crippen molar-refractivity contribution in [3.05, 3.63) is 12.7 Å². The van der Waals surface area contributed by atoms with E-state index in [0.29, 0.717) is 5.60 Å². The Morgan fingerprint density at radius 2 is 2.12 bits per heavy atom. The van der Waals surface area contributed by atoms with Crippen LogP contribution in [0.25, 0.3) is 0 Å². The van der Waals surface area contributed by atoms with Gasteiger partial charge in [-0.05, 0) is 57.2 Å². The molecule has 2 rings (SSSR count). The number of hydrogen-bond donors (Lipinski definition) is 0. The van der Waals surface area contributed by atoms with Crippen molar-refractivity contribution in [2.75, 3.05) is 0 Å². The number of rotatable bonds is 5. The van der Waals surface area contributed by atoms with Gasteiger partial charge in [0.1, 0.15) is 0 Å². The van der Waals surface area contributed by atoms with Gasteiger partial charge in [-0.15, -0.1) is 6.58 Å². The molecule has 2 heteroatoms. The zero-order valence-corrected chi connectivity index (χ0v) is 12.8. The molecular weight excluding hydrogens is 224 g/mol. The Morgan fingerprint density at radius 3 is 2.76 bits per heavy atom. The minimum Gasteiger partial charge on any atom is -0.412 e. The molecule has 1 nitrogen and oxygen atoms in total. The molecule has 17 heavy (non-hydrogen) atoms. The Labute approximate surface area is 108 Å². The highest BCUT2D eigenvalue weighted by Crippen LogP contribution is 2.59. The Balaban J connectivity index is 1.99. The average molecular weight is 252 g/mol. The molecule has 0 N–H and O–H groups in total. The van der Waals surface area contributed by atoms with Crippen LogP contribution in [0.15, 0.2) is 12.7 Å². The lowest BCUT2D eigenvalue weighted by Gasteiger charge is -2.28. The van der Waals surface area contributed by atoms with E-state index in [2.05, 4.69) is 32.3 Å². The molecule has 0 unspecified atom stereocenters. The van der Waals surface area contributed by atoms with Gasteiger partial charge in [-0.3, -0.25) is 0 Å². The topological polar surface area (TPSA) is 9.23 Å². The molecule has 0 heterocycles. The molecule has 0 radical (unpaired) electrons. The van der Waals surface area contributed by atoms with Crippen molar-refractivity contribution in [2.24, 2.45) is 11.8 Å². The molecule has 3 atom stereocenters. The van der Waals surface area contributed by atoms with Crippen LogP contribution in [0.4, 0.5) is 0 Å². The van der Waals surface area contributed by atoms with Crippen molar-refractivity contribution >= 4 is 8.32 Å². The Morgan fingerprint density at radius 1 is 1.35 bits per heavy atom. The van der Waals surface area contributed by atoms with E-state index >= 15 is 0 Å². The van der Waals surface area contributed by atoms with Crippen molar-refractivity contribution in [3.8, 4) is 0 Å². The van der Waals surface area contributed by atoms with Crippen LogP contribution in [0.1, 0.15) is 44.9 Å². The van der Waals surface area contributed by atoms with Crippen molar-refractivity contribution in [1.29, 1.82) is 0 Å². The van der Waals surface area contributed by atoms with Crippen molar-refractivity contribution in [1.82, 2.24) is 0 Å². The summed E-state index contributed by atoms with van der Waals surface area (Å²) in [6.07, 6.45) is 11.5. The molecule has 0 aromatic carbocycles. The minimum atomic E-state index is -1.38. The van der Waals surface area contributed by atoms with Gasteiger partial charge >= 0.3 is 0 Å². The minimum absolute atomic E-state index is 0.312. The van der Waals surface area contributed by atoms with Gasteiger partial charge in [0.2, 0.25) is 0 Å². The summed E-state index contributed by atoms with van der Waals surface area (Å²) in [5, 5.41) is 0. The first-order valence-corrected chi connectivity index (χ1v) is 10.7. The van der Waals surface area contributed by atoms with Crippen LogP contribution < -0.4 is 0 Å². The van der Waals surface area contributed by atoms with Gasteiger partial charge in [-0.25, -0.2) is 0 Å². The maximum atomic E-state index is 6.54. The molecule has 0 aliphatic heterocycles. The second-order valence-electron chi connectivity index (χ2n) is 6.96. The molecule has 98 valence electrons. The smallest absolute Gasteiger partial charge is 0.184 e. The Kier molecular flexibility index (Phi) is 3.84. The predicted molar refractivity (Wildman–Crippen MR) is 76.7 cm³/mol. The average Bonchev–Trinajstić information content (AvgIpc) is 2.89. The van der Waals surface area contributed by atoms with Gasteiger partial charge in [0.15, 0.2) is 8.32 Å². The molecule has 0 saturated heterocycles. The molecule has 0 amide bonds. The van der Waals surface area contributed by atoms with Gasteiger partial charge in [0, 0.05) is 0 Å². The summed E-state index contributed by atoms with van der Waals surface area (Å²) in [4.78, 5) is 0. The third kappa shape index (κ3) is 3.23. The van der Waals surface area contributed by atoms with E-state index in [1.54, 1.807) is 0 Å². The largest absolute Gasteiger partial charge is 0.412 e. The van der Waals surface area contributed by atoms with Crippen LogP contribution in [-0.2, 0) is 4.43 Å². The van der Waals surface area contributed by atoms with Crippen LogP contribution in [-0.4, -0.2) is 13.9 Å². The van der Waals surface area contributed by atoms with Crippen LogP contribution in [0.3, 0.4) is 0 Å². The summed E-state index contributed by atoms with van der Waals surface area (Å²) in [6, 6.07) is 0. The number of hydrogen-bond acceptors (Lipinski definition) is 1. The first-order chi connectivity index (χ1) is 7.97. The number of allylic oxidation sites excluding steroid dienone is 1. The first kappa shape index (κ1) is 13.4. The molecule has 2 aliphatic carbocycles. The summed E-state index contributed by atoms with van der Waals surface area (Å²) in [5.41, 5.74) is 0.312. The number of fused-ring (bicyclic) bond motifs is 1. The fourth-order valence-corrected chi connectivity index (χ4v) is 5.24. The molecule has 2 aliphatic rings. The predicted octanol–water partition coefficient (Wildman–Crippen LogP) is 4.75. The van der Waals surface area contributed by atoms with E-state index in [1.807, 2.05) is 0 Å². The SMILES string of the molecule is C=CCC[C@@H]1CCCC[C@@]2(O[Si](C)(C)C)C[C@@H]12. The molecule has 2 fully saturated rings. The van der Waals surface area contributed by atoms with Crippen LogP contribution >= 0.6 is 0 Å². The third-order valence-corrected chi connectivity index (χ3v) is 5.34. The van der Waals surface area contributed by atoms with Crippen molar-refractivity contribution < 1.29 is 4.43 Å².